The van der Waals surface area contributed by atoms with Gasteiger partial charge in [0.05, 0.1) is 48.4 Å². The molecule has 1 aliphatic heterocycles. The topological polar surface area (TPSA) is 116 Å². The van der Waals surface area contributed by atoms with Gasteiger partial charge in [-0.1, -0.05) is 12.1 Å². The van der Waals surface area contributed by atoms with Crippen LogP contribution in [-0.2, 0) is 4.74 Å². The Kier molecular flexibility index (Phi) is 8.66. The number of benzene rings is 2. The summed E-state index contributed by atoms with van der Waals surface area (Å²) in [6.07, 6.45) is 4.61. The van der Waals surface area contributed by atoms with Gasteiger partial charge in [0.25, 0.3) is 5.91 Å². The summed E-state index contributed by atoms with van der Waals surface area (Å²) in [6, 6.07) is 15.4. The first-order chi connectivity index (χ1) is 20.4. The predicted octanol–water partition coefficient (Wildman–Crippen LogP) is 4.24. The normalized spacial score (nSPS) is 14.9. The second kappa shape index (κ2) is 12.7. The lowest BCUT2D eigenvalue weighted by molar-refractivity contribution is 0.0248. The maximum absolute atomic E-state index is 14.7. The van der Waals surface area contributed by atoms with Gasteiger partial charge in [-0.05, 0) is 56.1 Å². The fourth-order valence-corrected chi connectivity index (χ4v) is 4.93. The molecule has 1 saturated heterocycles. The number of methoxy groups -OCH3 is 1. The van der Waals surface area contributed by atoms with Crippen LogP contribution >= 0.6 is 0 Å². The lowest BCUT2D eigenvalue weighted by Gasteiger charge is -2.36. The summed E-state index contributed by atoms with van der Waals surface area (Å²) in [6.45, 7) is 2.47. The molecule has 214 valence electrons. The van der Waals surface area contributed by atoms with Crippen LogP contribution < -0.4 is 15.0 Å². The van der Waals surface area contributed by atoms with Gasteiger partial charge in [0.1, 0.15) is 17.3 Å². The van der Waals surface area contributed by atoms with Crippen molar-refractivity contribution in [1.82, 2.24) is 19.9 Å². The summed E-state index contributed by atoms with van der Waals surface area (Å²) in [5.74, 6) is -0.748. The Morgan fingerprint density at radius 3 is 2.88 bits per heavy atom. The summed E-state index contributed by atoms with van der Waals surface area (Å²) in [7, 11) is 5.42. The predicted molar refractivity (Wildman–Crippen MR) is 157 cm³/mol. The van der Waals surface area contributed by atoms with Crippen molar-refractivity contribution in [3.63, 3.8) is 0 Å². The van der Waals surface area contributed by atoms with Crippen LogP contribution in [0.1, 0.15) is 16.1 Å². The van der Waals surface area contributed by atoms with E-state index in [1.807, 2.05) is 26.2 Å². The molecule has 1 aliphatic rings. The van der Waals surface area contributed by atoms with Gasteiger partial charge in [-0.15, -0.1) is 0 Å². The number of anilines is 2. The number of amides is 1. The molecule has 42 heavy (non-hydrogen) atoms. The van der Waals surface area contributed by atoms with Crippen molar-refractivity contribution in [2.24, 2.45) is 0 Å². The first-order valence-corrected chi connectivity index (χ1v) is 13.3. The third-order valence-corrected chi connectivity index (χ3v) is 6.85. The number of morpholine rings is 1. The molecule has 0 aliphatic carbocycles. The first kappa shape index (κ1) is 28.6. The lowest BCUT2D eigenvalue weighted by atomic mass is 10.0. The molecule has 0 radical (unpaired) electrons. The number of nitrogens with one attached hydrogen (secondary N) is 1. The average Bonchev–Trinajstić information content (AvgIpc) is 3.01. The fourth-order valence-electron chi connectivity index (χ4n) is 4.93. The number of carbonyl (C=O) groups is 1. The van der Waals surface area contributed by atoms with Crippen LogP contribution in [0.25, 0.3) is 22.5 Å². The molecule has 10 nitrogen and oxygen atoms in total. The van der Waals surface area contributed by atoms with Crippen molar-refractivity contribution >= 4 is 17.3 Å². The van der Waals surface area contributed by atoms with Crippen LogP contribution in [0, 0.1) is 17.1 Å². The standard InChI is InChI=1S/C31H30FN7O3/c1-38(2)18-22-19-39(13-14-42-22)27-15-20(23-17-34-11-9-21(23)16-33)7-8-25(27)37-31(40)26-10-12-35-30(36-26)29-24(32)5-4-6-28(29)41-3/h4-12,15,17,22H,13-14,18-19H2,1-3H3,(H,37,40). The quantitative estimate of drug-likeness (QED) is 0.334. The molecular formula is C31H30FN7O3. The number of carbonyl (C=O) groups excluding carboxylic acids is 1. The number of nitriles is 1. The molecule has 0 spiro atoms. The molecule has 11 heteroatoms. The van der Waals surface area contributed by atoms with Gasteiger partial charge in [0.2, 0.25) is 0 Å². The van der Waals surface area contributed by atoms with Gasteiger partial charge in [-0.25, -0.2) is 14.4 Å². The minimum Gasteiger partial charge on any atom is -0.496 e. The number of hydrogen-bond donors (Lipinski definition) is 1. The number of rotatable bonds is 8. The van der Waals surface area contributed by atoms with E-state index in [1.165, 1.54) is 31.5 Å². The Labute approximate surface area is 243 Å². The zero-order chi connectivity index (χ0) is 29.6. The minimum atomic E-state index is -0.559. The molecule has 4 aromatic rings. The molecule has 2 aromatic carbocycles. The Morgan fingerprint density at radius 2 is 2.10 bits per heavy atom. The molecule has 2 aromatic heterocycles. The van der Waals surface area contributed by atoms with Gasteiger partial charge >= 0.3 is 0 Å². The number of aromatic nitrogens is 3. The SMILES string of the molecule is COc1cccc(F)c1-c1nccc(C(=O)Nc2ccc(-c3cnccc3C#N)cc2N2CCOC(CN(C)C)C2)n1. The van der Waals surface area contributed by atoms with E-state index in [-0.39, 0.29) is 28.9 Å². The van der Waals surface area contributed by atoms with E-state index in [4.69, 9.17) is 9.47 Å². The number of hydrogen-bond acceptors (Lipinski definition) is 9. The van der Waals surface area contributed by atoms with Crippen LogP contribution in [0.3, 0.4) is 0 Å². The zero-order valence-electron chi connectivity index (χ0n) is 23.5. The van der Waals surface area contributed by atoms with Crippen LogP contribution in [0.2, 0.25) is 0 Å². The van der Waals surface area contributed by atoms with Crippen LogP contribution in [0.15, 0.2) is 67.1 Å². The van der Waals surface area contributed by atoms with Gasteiger partial charge < -0.3 is 24.6 Å². The summed E-state index contributed by atoms with van der Waals surface area (Å²) in [4.78, 5) is 30.5. The van der Waals surface area contributed by atoms with Gasteiger partial charge in [0.15, 0.2) is 5.82 Å². The van der Waals surface area contributed by atoms with E-state index in [9.17, 15) is 14.4 Å². The highest BCUT2D eigenvalue weighted by molar-refractivity contribution is 6.05. The first-order valence-electron chi connectivity index (χ1n) is 13.3. The smallest absolute Gasteiger partial charge is 0.274 e. The monoisotopic (exact) mass is 567 g/mol. The molecule has 1 atom stereocenters. The molecule has 3 heterocycles. The van der Waals surface area contributed by atoms with Crippen LogP contribution in [-0.4, -0.2) is 79.3 Å². The lowest BCUT2D eigenvalue weighted by Crippen LogP contribution is -2.46. The van der Waals surface area contributed by atoms with E-state index in [2.05, 4.69) is 36.1 Å². The maximum Gasteiger partial charge on any atom is 0.274 e. The molecule has 1 amide bonds. The molecule has 0 bridgehead atoms. The Balaban J connectivity index is 1.50. The largest absolute Gasteiger partial charge is 0.496 e. The number of nitrogens with zero attached hydrogens (tertiary/aromatic N) is 6. The fraction of sp³-hybridized carbons (Fsp3) is 0.258. The summed E-state index contributed by atoms with van der Waals surface area (Å²) in [5.41, 5.74) is 3.44. The van der Waals surface area contributed by atoms with E-state index in [0.717, 1.165) is 17.8 Å². The van der Waals surface area contributed by atoms with Crippen LogP contribution in [0.5, 0.6) is 5.75 Å². The van der Waals surface area contributed by atoms with Gasteiger partial charge in [-0.2, -0.15) is 5.26 Å². The van der Waals surface area contributed by atoms with Crippen molar-refractivity contribution in [3.8, 4) is 34.3 Å². The van der Waals surface area contributed by atoms with Gasteiger partial charge in [0, 0.05) is 43.8 Å². The molecular weight excluding hydrogens is 537 g/mol. The molecule has 1 fully saturated rings. The maximum atomic E-state index is 14.7. The highest BCUT2D eigenvalue weighted by atomic mass is 19.1. The third kappa shape index (κ3) is 6.20. The highest BCUT2D eigenvalue weighted by Gasteiger charge is 2.25. The number of halogens is 1. The highest BCUT2D eigenvalue weighted by Crippen LogP contribution is 2.35. The van der Waals surface area contributed by atoms with E-state index in [0.29, 0.717) is 36.5 Å². The Bertz CT molecular complexity index is 1640. The number of pyridine rings is 1. The van der Waals surface area contributed by atoms with Crippen molar-refractivity contribution < 1.29 is 18.7 Å². The zero-order valence-corrected chi connectivity index (χ0v) is 23.5. The van der Waals surface area contributed by atoms with Crippen molar-refractivity contribution in [3.05, 3.63) is 84.2 Å². The molecule has 0 saturated carbocycles. The van der Waals surface area contributed by atoms with Crippen LogP contribution in [0.4, 0.5) is 15.8 Å². The second-order valence-electron chi connectivity index (χ2n) is 10.0. The van der Waals surface area contributed by atoms with E-state index >= 15 is 0 Å². The summed E-state index contributed by atoms with van der Waals surface area (Å²) < 4.78 is 26.0. The summed E-state index contributed by atoms with van der Waals surface area (Å²) in [5, 5.41) is 12.6. The summed E-state index contributed by atoms with van der Waals surface area (Å²) >= 11 is 0. The molecule has 1 N–H and O–H groups in total. The number of likely N-dealkylation sites (N-methyl/N-ethyl adjacent to an activating group) is 1. The molecule has 5 rings (SSSR count). The minimum absolute atomic E-state index is 0.0332. The van der Waals surface area contributed by atoms with E-state index < -0.39 is 11.7 Å². The van der Waals surface area contributed by atoms with Gasteiger partial charge in [-0.3, -0.25) is 9.78 Å². The van der Waals surface area contributed by atoms with Crippen molar-refractivity contribution in [1.29, 1.82) is 5.26 Å². The van der Waals surface area contributed by atoms with Crippen molar-refractivity contribution in [2.75, 3.05) is 57.7 Å². The average molecular weight is 568 g/mol. The number of ether oxygens (including phenoxy) is 2. The second-order valence-corrected chi connectivity index (χ2v) is 10.0. The van der Waals surface area contributed by atoms with E-state index in [1.54, 1.807) is 30.6 Å². The Hall–Kier alpha value is -4.92. The Morgan fingerprint density at radius 1 is 1.24 bits per heavy atom. The third-order valence-electron chi connectivity index (χ3n) is 6.85. The molecule has 1 unspecified atom stereocenters. The van der Waals surface area contributed by atoms with Crippen molar-refractivity contribution in [2.45, 2.75) is 6.10 Å².